The van der Waals surface area contributed by atoms with Gasteiger partial charge in [0.25, 0.3) is 10.2 Å². The molecule has 0 amide bonds. The standard InChI is InChI=1S/C16H20N2O4S/c1-21-15-7-3-13(4-8-15)11-18(23(17,19)20)12-14-5-9-16(22-2)10-6-14/h3-10H,11-12H2,1-2H3,(H2,17,19,20). The monoisotopic (exact) mass is 336 g/mol. The van der Waals surface area contributed by atoms with E-state index in [4.69, 9.17) is 14.6 Å². The average Bonchev–Trinajstić information content (AvgIpc) is 2.54. The fraction of sp³-hybridized carbons (Fsp3) is 0.250. The minimum atomic E-state index is -3.82. The van der Waals surface area contributed by atoms with Crippen molar-refractivity contribution in [3.05, 3.63) is 59.7 Å². The quantitative estimate of drug-likeness (QED) is 0.837. The smallest absolute Gasteiger partial charge is 0.277 e. The van der Waals surface area contributed by atoms with Crippen molar-refractivity contribution >= 4 is 10.2 Å². The van der Waals surface area contributed by atoms with Gasteiger partial charge in [0, 0.05) is 13.1 Å². The molecule has 0 aliphatic heterocycles. The van der Waals surface area contributed by atoms with E-state index in [-0.39, 0.29) is 13.1 Å². The number of benzene rings is 2. The highest BCUT2D eigenvalue weighted by molar-refractivity contribution is 7.86. The zero-order valence-electron chi connectivity index (χ0n) is 13.1. The fourth-order valence-corrected chi connectivity index (χ4v) is 2.76. The van der Waals surface area contributed by atoms with Crippen LogP contribution in [0, 0.1) is 0 Å². The van der Waals surface area contributed by atoms with Crippen molar-refractivity contribution in [2.24, 2.45) is 5.14 Å². The van der Waals surface area contributed by atoms with Crippen molar-refractivity contribution in [2.75, 3.05) is 14.2 Å². The maximum Gasteiger partial charge on any atom is 0.277 e. The lowest BCUT2D eigenvalue weighted by molar-refractivity contribution is 0.398. The van der Waals surface area contributed by atoms with Gasteiger partial charge in [-0.2, -0.15) is 12.7 Å². The van der Waals surface area contributed by atoms with Gasteiger partial charge in [-0.1, -0.05) is 24.3 Å². The van der Waals surface area contributed by atoms with Crippen molar-refractivity contribution in [1.29, 1.82) is 0 Å². The van der Waals surface area contributed by atoms with Crippen LogP contribution in [0.3, 0.4) is 0 Å². The Morgan fingerprint density at radius 1 is 0.826 bits per heavy atom. The van der Waals surface area contributed by atoms with Crippen LogP contribution in [0.15, 0.2) is 48.5 Å². The molecule has 0 radical (unpaired) electrons. The second-order valence-electron chi connectivity index (χ2n) is 5.01. The lowest BCUT2D eigenvalue weighted by Crippen LogP contribution is -2.35. The van der Waals surface area contributed by atoms with E-state index < -0.39 is 10.2 Å². The van der Waals surface area contributed by atoms with E-state index in [1.165, 1.54) is 4.31 Å². The van der Waals surface area contributed by atoms with E-state index in [0.29, 0.717) is 11.5 Å². The number of hydrogen-bond acceptors (Lipinski definition) is 4. The van der Waals surface area contributed by atoms with Crippen molar-refractivity contribution in [3.63, 3.8) is 0 Å². The third-order valence-electron chi connectivity index (χ3n) is 3.40. The topological polar surface area (TPSA) is 81.9 Å². The van der Waals surface area contributed by atoms with Crippen LogP contribution in [0.1, 0.15) is 11.1 Å². The highest BCUT2D eigenvalue weighted by Gasteiger charge is 2.18. The van der Waals surface area contributed by atoms with Crippen LogP contribution in [-0.2, 0) is 23.3 Å². The molecule has 0 aliphatic carbocycles. The molecule has 2 rings (SSSR count). The first kappa shape index (κ1) is 17.3. The predicted molar refractivity (Wildman–Crippen MR) is 88.3 cm³/mol. The summed E-state index contributed by atoms with van der Waals surface area (Å²) in [5.41, 5.74) is 1.65. The average molecular weight is 336 g/mol. The number of methoxy groups -OCH3 is 2. The van der Waals surface area contributed by atoms with Gasteiger partial charge in [0.15, 0.2) is 0 Å². The van der Waals surface area contributed by atoms with Crippen LogP contribution in [0.25, 0.3) is 0 Å². The van der Waals surface area contributed by atoms with Gasteiger partial charge in [0.05, 0.1) is 14.2 Å². The van der Waals surface area contributed by atoms with E-state index in [1.807, 2.05) is 24.3 Å². The molecular weight excluding hydrogens is 316 g/mol. The summed E-state index contributed by atoms with van der Waals surface area (Å²) in [4.78, 5) is 0. The minimum Gasteiger partial charge on any atom is -0.497 e. The maximum atomic E-state index is 11.8. The lowest BCUT2D eigenvalue weighted by Gasteiger charge is -2.20. The first-order valence-electron chi connectivity index (χ1n) is 6.96. The van der Waals surface area contributed by atoms with E-state index >= 15 is 0 Å². The molecule has 7 heteroatoms. The molecule has 0 bridgehead atoms. The van der Waals surface area contributed by atoms with Gasteiger partial charge in [-0.3, -0.25) is 0 Å². The number of nitrogens with two attached hydrogens (primary N) is 1. The molecule has 0 aromatic heterocycles. The van der Waals surface area contributed by atoms with E-state index in [1.54, 1.807) is 38.5 Å². The van der Waals surface area contributed by atoms with Gasteiger partial charge in [0.2, 0.25) is 0 Å². The molecule has 6 nitrogen and oxygen atoms in total. The second-order valence-corrected chi connectivity index (χ2v) is 6.56. The lowest BCUT2D eigenvalue weighted by atomic mass is 10.2. The number of nitrogens with zero attached hydrogens (tertiary/aromatic N) is 1. The third-order valence-corrected chi connectivity index (χ3v) is 4.37. The molecule has 0 fully saturated rings. The molecule has 0 heterocycles. The van der Waals surface area contributed by atoms with Crippen LogP contribution in [0.4, 0.5) is 0 Å². The Morgan fingerprint density at radius 3 is 1.43 bits per heavy atom. The van der Waals surface area contributed by atoms with Crippen molar-refractivity contribution in [2.45, 2.75) is 13.1 Å². The van der Waals surface area contributed by atoms with Crippen LogP contribution >= 0.6 is 0 Å². The molecule has 23 heavy (non-hydrogen) atoms. The molecule has 0 spiro atoms. The Hall–Kier alpha value is -2.09. The first-order chi connectivity index (χ1) is 10.9. The number of hydrogen-bond donors (Lipinski definition) is 1. The van der Waals surface area contributed by atoms with Crippen LogP contribution < -0.4 is 14.6 Å². The zero-order chi connectivity index (χ0) is 16.9. The predicted octanol–water partition coefficient (Wildman–Crippen LogP) is 1.91. The third kappa shape index (κ3) is 4.95. The first-order valence-corrected chi connectivity index (χ1v) is 8.46. The van der Waals surface area contributed by atoms with Crippen molar-refractivity contribution in [3.8, 4) is 11.5 Å². The summed E-state index contributed by atoms with van der Waals surface area (Å²) in [7, 11) is -0.664. The summed E-state index contributed by atoms with van der Waals surface area (Å²) in [6, 6.07) is 14.4. The molecule has 2 N–H and O–H groups in total. The summed E-state index contributed by atoms with van der Waals surface area (Å²) in [5, 5.41) is 5.34. The van der Waals surface area contributed by atoms with Crippen molar-refractivity contribution < 1.29 is 17.9 Å². The van der Waals surface area contributed by atoms with Crippen molar-refractivity contribution in [1.82, 2.24) is 4.31 Å². The summed E-state index contributed by atoms with van der Waals surface area (Å²) < 4.78 is 35.1. The minimum absolute atomic E-state index is 0.189. The summed E-state index contributed by atoms with van der Waals surface area (Å²) >= 11 is 0. The summed E-state index contributed by atoms with van der Waals surface area (Å²) in [5.74, 6) is 1.43. The van der Waals surface area contributed by atoms with Gasteiger partial charge in [-0.05, 0) is 35.4 Å². The molecule has 124 valence electrons. The van der Waals surface area contributed by atoms with Crippen LogP contribution in [0.2, 0.25) is 0 Å². The Kier molecular flexibility index (Phi) is 5.59. The van der Waals surface area contributed by atoms with Gasteiger partial charge in [-0.25, -0.2) is 5.14 Å². The Morgan fingerprint density at radius 2 is 1.17 bits per heavy atom. The van der Waals surface area contributed by atoms with Gasteiger partial charge < -0.3 is 9.47 Å². The van der Waals surface area contributed by atoms with Gasteiger partial charge in [-0.15, -0.1) is 0 Å². The molecule has 0 saturated carbocycles. The van der Waals surface area contributed by atoms with Gasteiger partial charge >= 0.3 is 0 Å². The zero-order valence-corrected chi connectivity index (χ0v) is 13.9. The Labute approximate surface area is 136 Å². The number of ether oxygens (including phenoxy) is 2. The summed E-state index contributed by atoms with van der Waals surface area (Å²) in [6.07, 6.45) is 0. The normalized spacial score (nSPS) is 11.5. The molecular formula is C16H20N2O4S. The molecule has 0 saturated heterocycles. The van der Waals surface area contributed by atoms with Crippen LogP contribution in [0.5, 0.6) is 11.5 Å². The molecule has 0 atom stereocenters. The van der Waals surface area contributed by atoms with Gasteiger partial charge in [0.1, 0.15) is 11.5 Å². The largest absolute Gasteiger partial charge is 0.497 e. The van der Waals surface area contributed by atoms with Crippen LogP contribution in [-0.4, -0.2) is 26.9 Å². The van der Waals surface area contributed by atoms with E-state index in [9.17, 15) is 8.42 Å². The van der Waals surface area contributed by atoms with E-state index in [2.05, 4.69) is 0 Å². The van der Waals surface area contributed by atoms with E-state index in [0.717, 1.165) is 11.1 Å². The Bertz CT molecular complexity index is 678. The molecule has 0 unspecified atom stereocenters. The summed E-state index contributed by atoms with van der Waals surface area (Å²) in [6.45, 7) is 0.379. The Balaban J connectivity index is 2.16. The highest BCUT2D eigenvalue weighted by atomic mass is 32.2. The highest BCUT2D eigenvalue weighted by Crippen LogP contribution is 2.17. The molecule has 2 aromatic carbocycles. The number of rotatable bonds is 7. The second kappa shape index (κ2) is 7.45. The fourth-order valence-electron chi connectivity index (χ4n) is 2.11. The molecule has 0 aliphatic rings. The molecule has 2 aromatic rings. The SMILES string of the molecule is COc1ccc(CN(Cc2ccc(OC)cc2)S(N)(=O)=O)cc1. The maximum absolute atomic E-state index is 11.8.